The van der Waals surface area contributed by atoms with E-state index in [1.165, 1.54) is 5.56 Å². The van der Waals surface area contributed by atoms with Gasteiger partial charge in [-0.2, -0.15) is 0 Å². The van der Waals surface area contributed by atoms with E-state index in [4.69, 9.17) is 33.7 Å². The molecule has 1 amide bonds. The number of anilines is 1. The number of carbonyl (C=O) groups is 1. The molecule has 3 aromatic rings. The summed E-state index contributed by atoms with van der Waals surface area (Å²) in [5.74, 6) is 0.489. The van der Waals surface area contributed by atoms with Gasteiger partial charge in [-0.1, -0.05) is 68.2 Å². The lowest BCUT2D eigenvalue weighted by Gasteiger charge is -2.23. The molecule has 168 valence electrons. The second kappa shape index (κ2) is 10.4. The molecule has 3 aromatic carbocycles. The SMILES string of the molecule is CC(C)(C)c1ccc(COc2ccc(N(CCN)C(=O)c3ccc(Cl)cc3Cl)cc2)cc1. The second-order valence-electron chi connectivity index (χ2n) is 8.60. The number of halogens is 2. The highest BCUT2D eigenvalue weighted by atomic mass is 35.5. The predicted octanol–water partition coefficient (Wildman–Crippen LogP) is 6.48. The normalized spacial score (nSPS) is 11.3. The number of amides is 1. The molecule has 2 N–H and O–H groups in total. The number of ether oxygens (including phenoxy) is 1. The molecule has 0 radical (unpaired) electrons. The molecule has 6 heteroatoms. The van der Waals surface area contributed by atoms with Crippen molar-refractivity contribution in [3.05, 3.63) is 93.5 Å². The molecule has 0 heterocycles. The molecule has 0 aliphatic heterocycles. The zero-order valence-electron chi connectivity index (χ0n) is 18.6. The van der Waals surface area contributed by atoms with Gasteiger partial charge in [0.15, 0.2) is 0 Å². The number of rotatable bonds is 7. The molecule has 0 aliphatic rings. The van der Waals surface area contributed by atoms with Crippen LogP contribution in [0.15, 0.2) is 66.7 Å². The Kier molecular flexibility index (Phi) is 7.83. The zero-order valence-corrected chi connectivity index (χ0v) is 20.1. The van der Waals surface area contributed by atoms with E-state index >= 15 is 0 Å². The van der Waals surface area contributed by atoms with Gasteiger partial charge in [-0.15, -0.1) is 0 Å². The summed E-state index contributed by atoms with van der Waals surface area (Å²) in [6.45, 7) is 7.73. The Hall–Kier alpha value is -2.53. The van der Waals surface area contributed by atoms with Crippen LogP contribution in [0, 0.1) is 0 Å². The van der Waals surface area contributed by atoms with Gasteiger partial charge < -0.3 is 15.4 Å². The summed E-state index contributed by atoms with van der Waals surface area (Å²) in [7, 11) is 0. The fourth-order valence-corrected chi connectivity index (χ4v) is 3.76. The maximum absolute atomic E-state index is 13.1. The smallest absolute Gasteiger partial charge is 0.259 e. The van der Waals surface area contributed by atoms with Crippen LogP contribution < -0.4 is 15.4 Å². The van der Waals surface area contributed by atoms with Crippen molar-refractivity contribution >= 4 is 34.8 Å². The van der Waals surface area contributed by atoms with Gasteiger partial charge in [-0.3, -0.25) is 4.79 Å². The average Bonchev–Trinajstić information content (AvgIpc) is 2.76. The molecule has 0 aliphatic carbocycles. The molecule has 0 fully saturated rings. The van der Waals surface area contributed by atoms with E-state index in [0.29, 0.717) is 41.0 Å². The minimum Gasteiger partial charge on any atom is -0.489 e. The van der Waals surface area contributed by atoms with Gasteiger partial charge in [-0.25, -0.2) is 0 Å². The van der Waals surface area contributed by atoms with E-state index in [0.717, 1.165) is 11.3 Å². The maximum atomic E-state index is 13.1. The van der Waals surface area contributed by atoms with Crippen molar-refractivity contribution in [2.75, 3.05) is 18.0 Å². The van der Waals surface area contributed by atoms with Gasteiger partial charge in [0, 0.05) is 23.8 Å². The number of hydrogen-bond acceptors (Lipinski definition) is 3. The fourth-order valence-electron chi connectivity index (χ4n) is 3.28. The Balaban J connectivity index is 1.70. The lowest BCUT2D eigenvalue weighted by molar-refractivity contribution is 0.0987. The maximum Gasteiger partial charge on any atom is 0.259 e. The van der Waals surface area contributed by atoms with E-state index < -0.39 is 0 Å². The fraction of sp³-hybridized carbons (Fsp3) is 0.269. The summed E-state index contributed by atoms with van der Waals surface area (Å²) >= 11 is 12.2. The largest absolute Gasteiger partial charge is 0.489 e. The topological polar surface area (TPSA) is 55.6 Å². The van der Waals surface area contributed by atoms with Crippen LogP contribution in [0.3, 0.4) is 0 Å². The third-order valence-corrected chi connectivity index (χ3v) is 5.68. The Labute approximate surface area is 199 Å². The molecule has 0 saturated heterocycles. The standard InChI is InChI=1S/C26H28Cl2N2O2/c1-26(2,3)19-6-4-18(5-7-19)17-32-22-11-9-21(10-12-22)30(15-14-29)25(31)23-13-8-20(27)16-24(23)28/h4-13,16H,14-15,17,29H2,1-3H3. The van der Waals surface area contributed by atoms with Crippen molar-refractivity contribution in [3.63, 3.8) is 0 Å². The number of benzene rings is 3. The molecule has 3 rings (SSSR count). The molecule has 0 atom stereocenters. The van der Waals surface area contributed by atoms with Crippen molar-refractivity contribution in [1.29, 1.82) is 0 Å². The van der Waals surface area contributed by atoms with Crippen LogP contribution in [0.2, 0.25) is 10.0 Å². The molecule has 4 nitrogen and oxygen atoms in total. The van der Waals surface area contributed by atoms with Crippen molar-refractivity contribution in [2.45, 2.75) is 32.8 Å². The number of nitrogens with two attached hydrogens (primary N) is 1. The quantitative estimate of drug-likeness (QED) is 0.429. The third-order valence-electron chi connectivity index (χ3n) is 5.13. The van der Waals surface area contributed by atoms with Crippen LogP contribution in [0.25, 0.3) is 0 Å². The van der Waals surface area contributed by atoms with E-state index in [2.05, 4.69) is 45.0 Å². The second-order valence-corrected chi connectivity index (χ2v) is 9.44. The first-order valence-electron chi connectivity index (χ1n) is 10.5. The highest BCUT2D eigenvalue weighted by Gasteiger charge is 2.20. The van der Waals surface area contributed by atoms with Crippen LogP contribution in [0.5, 0.6) is 5.75 Å². The Morgan fingerprint density at radius 1 is 0.969 bits per heavy atom. The molecule has 0 unspecified atom stereocenters. The van der Waals surface area contributed by atoms with Gasteiger partial charge in [0.1, 0.15) is 12.4 Å². The number of carbonyl (C=O) groups excluding carboxylic acids is 1. The third kappa shape index (κ3) is 6.04. The van der Waals surface area contributed by atoms with Gasteiger partial charge in [0.25, 0.3) is 5.91 Å². The summed E-state index contributed by atoms with van der Waals surface area (Å²) in [6.07, 6.45) is 0. The Bertz CT molecular complexity index is 1060. The van der Waals surface area contributed by atoms with E-state index in [9.17, 15) is 4.79 Å². The van der Waals surface area contributed by atoms with Gasteiger partial charge >= 0.3 is 0 Å². The molecule has 0 saturated carbocycles. The van der Waals surface area contributed by atoms with Crippen molar-refractivity contribution in [2.24, 2.45) is 5.73 Å². The van der Waals surface area contributed by atoms with Crippen LogP contribution in [0.4, 0.5) is 5.69 Å². The highest BCUT2D eigenvalue weighted by molar-refractivity contribution is 6.37. The Morgan fingerprint density at radius 2 is 1.62 bits per heavy atom. The van der Waals surface area contributed by atoms with Crippen molar-refractivity contribution in [3.8, 4) is 5.75 Å². The number of hydrogen-bond donors (Lipinski definition) is 1. The zero-order chi connectivity index (χ0) is 23.3. The first-order chi connectivity index (χ1) is 15.2. The summed E-state index contributed by atoms with van der Waals surface area (Å²) in [4.78, 5) is 14.7. The molecule has 0 aromatic heterocycles. The first kappa shape index (κ1) is 24.1. The highest BCUT2D eigenvalue weighted by Crippen LogP contribution is 2.27. The lowest BCUT2D eigenvalue weighted by Crippen LogP contribution is -2.35. The summed E-state index contributed by atoms with van der Waals surface area (Å²) in [6, 6.07) is 20.7. The molecular weight excluding hydrogens is 443 g/mol. The summed E-state index contributed by atoms with van der Waals surface area (Å²) in [5, 5.41) is 0.786. The van der Waals surface area contributed by atoms with Crippen LogP contribution in [-0.4, -0.2) is 19.0 Å². The first-order valence-corrected chi connectivity index (χ1v) is 11.2. The van der Waals surface area contributed by atoms with Crippen molar-refractivity contribution in [1.82, 2.24) is 0 Å². The van der Waals surface area contributed by atoms with Crippen LogP contribution in [0.1, 0.15) is 42.3 Å². The predicted molar refractivity (Wildman–Crippen MR) is 133 cm³/mol. The Morgan fingerprint density at radius 3 is 2.19 bits per heavy atom. The molecule has 32 heavy (non-hydrogen) atoms. The molecule has 0 bridgehead atoms. The number of nitrogens with zero attached hydrogens (tertiary/aromatic N) is 1. The van der Waals surface area contributed by atoms with E-state index in [1.54, 1.807) is 23.1 Å². The lowest BCUT2D eigenvalue weighted by atomic mass is 9.87. The summed E-state index contributed by atoms with van der Waals surface area (Å²) in [5.41, 5.74) is 9.35. The minimum atomic E-state index is -0.232. The summed E-state index contributed by atoms with van der Waals surface area (Å²) < 4.78 is 5.93. The van der Waals surface area contributed by atoms with E-state index in [-0.39, 0.29) is 11.3 Å². The minimum absolute atomic E-state index is 0.123. The van der Waals surface area contributed by atoms with Gasteiger partial charge in [0.2, 0.25) is 0 Å². The molecule has 0 spiro atoms. The van der Waals surface area contributed by atoms with Crippen LogP contribution >= 0.6 is 23.2 Å². The monoisotopic (exact) mass is 470 g/mol. The van der Waals surface area contributed by atoms with E-state index in [1.807, 2.05) is 24.3 Å². The average molecular weight is 471 g/mol. The molecular formula is C26H28Cl2N2O2. The van der Waals surface area contributed by atoms with Gasteiger partial charge in [-0.05, 0) is 59.0 Å². The van der Waals surface area contributed by atoms with Gasteiger partial charge in [0.05, 0.1) is 10.6 Å². The van der Waals surface area contributed by atoms with Crippen LogP contribution in [-0.2, 0) is 12.0 Å². The van der Waals surface area contributed by atoms with Crippen molar-refractivity contribution < 1.29 is 9.53 Å².